The van der Waals surface area contributed by atoms with E-state index in [1.807, 2.05) is 0 Å². The molecule has 130 valence electrons. The third kappa shape index (κ3) is 3.44. The van der Waals surface area contributed by atoms with Gasteiger partial charge >= 0.3 is 5.91 Å². The van der Waals surface area contributed by atoms with E-state index in [1.165, 1.54) is 0 Å². The summed E-state index contributed by atoms with van der Waals surface area (Å²) in [6.07, 6.45) is 3.56. The minimum atomic E-state index is -0.446. The van der Waals surface area contributed by atoms with Crippen LogP contribution in [0.2, 0.25) is 0 Å². The Kier molecular flexibility index (Phi) is 4.91. The lowest BCUT2D eigenvalue weighted by molar-refractivity contribution is -0.570. The molecule has 0 saturated carbocycles. The van der Waals surface area contributed by atoms with Crippen molar-refractivity contribution in [3.8, 4) is 0 Å². The molecule has 2 aromatic heterocycles. The quantitative estimate of drug-likeness (QED) is 0.468. The summed E-state index contributed by atoms with van der Waals surface area (Å²) < 4.78 is 2.02. The summed E-state index contributed by atoms with van der Waals surface area (Å²) in [6, 6.07) is 3.35. The van der Waals surface area contributed by atoms with Crippen LogP contribution in [0.15, 0.2) is 34.3 Å². The van der Waals surface area contributed by atoms with Crippen LogP contribution in [-0.4, -0.2) is 57.7 Å². The molecule has 0 spiro atoms. The molecule has 0 radical (unpaired) electrons. The zero-order valence-electron chi connectivity index (χ0n) is 13.5. The number of amides is 2. The molecule has 9 nitrogen and oxygen atoms in total. The maximum absolute atomic E-state index is 12.6. The monoisotopic (exact) mass is 406 g/mol. The highest BCUT2D eigenvalue weighted by atomic mass is 79.9. The van der Waals surface area contributed by atoms with Crippen molar-refractivity contribution in [3.63, 3.8) is 0 Å². The molecule has 3 heterocycles. The first kappa shape index (κ1) is 17.2. The smallest absolute Gasteiger partial charge is 0.310 e. The largest absolute Gasteiger partial charge is 0.338 e. The Labute approximate surface area is 151 Å². The summed E-state index contributed by atoms with van der Waals surface area (Å²) >= 11 is 3.19. The minimum absolute atomic E-state index is 0.0889. The Hall–Kier alpha value is -2.59. The average Bonchev–Trinajstić information content (AvgIpc) is 2.89. The van der Waals surface area contributed by atoms with Crippen LogP contribution in [-0.2, 0) is 9.59 Å². The van der Waals surface area contributed by atoms with Gasteiger partial charge in [-0.1, -0.05) is 0 Å². The number of carbonyl (C=O) groups excluding carboxylic acids is 2. The molecular weight excluding hydrogens is 390 g/mol. The topological polar surface area (TPSA) is 120 Å². The zero-order valence-corrected chi connectivity index (χ0v) is 15.1. The van der Waals surface area contributed by atoms with E-state index in [0.29, 0.717) is 29.2 Å². The number of carbonyl (C=O) groups is 2. The fourth-order valence-electron chi connectivity index (χ4n) is 2.48. The van der Waals surface area contributed by atoms with Gasteiger partial charge in [0.1, 0.15) is 5.57 Å². The van der Waals surface area contributed by atoms with Gasteiger partial charge in [0, 0.05) is 37.3 Å². The summed E-state index contributed by atoms with van der Waals surface area (Å²) in [4.78, 5) is 30.8. The van der Waals surface area contributed by atoms with E-state index in [4.69, 9.17) is 5.41 Å². The molecule has 1 saturated heterocycles. The normalized spacial score (nSPS) is 14.7. The van der Waals surface area contributed by atoms with Crippen molar-refractivity contribution in [2.24, 2.45) is 0 Å². The third-order valence-electron chi connectivity index (χ3n) is 3.91. The lowest BCUT2D eigenvalue weighted by Gasteiger charge is -2.31. The van der Waals surface area contributed by atoms with Crippen molar-refractivity contribution < 1.29 is 14.9 Å². The van der Waals surface area contributed by atoms with Crippen molar-refractivity contribution >= 4 is 45.3 Å². The number of hydrogen-bond acceptors (Lipinski definition) is 5. The van der Waals surface area contributed by atoms with Gasteiger partial charge in [-0.3, -0.25) is 9.59 Å². The first-order valence-corrected chi connectivity index (χ1v) is 8.49. The second-order valence-electron chi connectivity index (χ2n) is 5.46. The molecular formula is C15H17BrN7O2+. The molecule has 3 rings (SSSR count). The first-order valence-electron chi connectivity index (χ1n) is 7.70. The SMILES string of the molecule is C[NH2+]/C(C(=O)Nc1ccn2nc(Br)nc2c1)=C(\C=N)C(=O)N1CCC1. The molecule has 0 unspecified atom stereocenters. The molecule has 4 N–H and O–H groups in total. The van der Waals surface area contributed by atoms with Gasteiger partial charge in [0.05, 0.1) is 7.05 Å². The van der Waals surface area contributed by atoms with Gasteiger partial charge in [0.15, 0.2) is 5.65 Å². The molecule has 1 fully saturated rings. The van der Waals surface area contributed by atoms with Crippen LogP contribution < -0.4 is 10.6 Å². The van der Waals surface area contributed by atoms with E-state index in [1.54, 1.807) is 40.1 Å². The summed E-state index contributed by atoms with van der Waals surface area (Å²) in [7, 11) is 1.67. The van der Waals surface area contributed by atoms with Crippen molar-refractivity contribution in [2.45, 2.75) is 6.42 Å². The number of nitrogens with zero attached hydrogens (tertiary/aromatic N) is 4. The Balaban J connectivity index is 1.85. The van der Waals surface area contributed by atoms with Crippen molar-refractivity contribution in [3.05, 3.63) is 34.3 Å². The van der Waals surface area contributed by atoms with Crippen LogP contribution >= 0.6 is 15.9 Å². The van der Waals surface area contributed by atoms with Gasteiger partial charge in [0.25, 0.3) is 5.91 Å². The number of rotatable bonds is 5. The number of pyridine rings is 1. The van der Waals surface area contributed by atoms with Crippen LogP contribution in [0, 0.1) is 5.41 Å². The number of nitrogens with one attached hydrogen (secondary N) is 2. The van der Waals surface area contributed by atoms with Crippen LogP contribution in [0.5, 0.6) is 0 Å². The maximum Gasteiger partial charge on any atom is 0.310 e. The number of likely N-dealkylation sites (tertiary alicyclic amines) is 1. The highest BCUT2D eigenvalue weighted by Crippen LogP contribution is 2.15. The fraction of sp³-hybridized carbons (Fsp3) is 0.267. The van der Waals surface area contributed by atoms with Crippen LogP contribution in [0.3, 0.4) is 0 Å². The van der Waals surface area contributed by atoms with Crippen molar-refractivity contribution in [2.75, 3.05) is 25.5 Å². The molecule has 1 aliphatic heterocycles. The fourth-order valence-corrected chi connectivity index (χ4v) is 2.84. The van der Waals surface area contributed by atoms with E-state index in [2.05, 4.69) is 31.3 Å². The van der Waals surface area contributed by atoms with Gasteiger partial charge in [-0.15, -0.1) is 5.10 Å². The predicted octanol–water partition coefficient (Wildman–Crippen LogP) is -0.241. The number of fused-ring (bicyclic) bond motifs is 1. The molecule has 0 atom stereocenters. The van der Waals surface area contributed by atoms with Crippen LogP contribution in [0.4, 0.5) is 5.69 Å². The van der Waals surface area contributed by atoms with Gasteiger partial charge in [-0.25, -0.2) is 9.50 Å². The lowest BCUT2D eigenvalue weighted by atomic mass is 10.1. The Morgan fingerprint density at radius 3 is 2.80 bits per heavy atom. The summed E-state index contributed by atoms with van der Waals surface area (Å²) in [5.74, 6) is -0.737. The Morgan fingerprint density at radius 1 is 1.44 bits per heavy atom. The molecule has 0 bridgehead atoms. The molecule has 2 aromatic rings. The number of quaternary nitrogens is 1. The second kappa shape index (κ2) is 7.11. The number of anilines is 1. The lowest BCUT2D eigenvalue weighted by Crippen LogP contribution is -2.80. The standard InChI is InChI=1S/C15H16BrN7O2/c1-18-12(10(8-17)14(25)22-4-2-5-22)13(24)19-9-3-6-23-11(7-9)20-15(16)21-23/h3,6-8,17-18H,2,4-5H2,1H3,(H,19,24)/p+1/b12-10+,17-8?. The number of nitrogens with two attached hydrogens (primary N) is 1. The predicted molar refractivity (Wildman–Crippen MR) is 94.2 cm³/mol. The minimum Gasteiger partial charge on any atom is -0.338 e. The Bertz CT molecular complexity index is 885. The molecule has 0 aliphatic carbocycles. The number of likely N-dealkylation sites (N-methyl/N-ethyl adjacent to an activating group) is 1. The molecule has 1 aliphatic rings. The number of hydrogen-bond donors (Lipinski definition) is 3. The molecule has 0 aromatic carbocycles. The molecule has 25 heavy (non-hydrogen) atoms. The number of aromatic nitrogens is 3. The van der Waals surface area contributed by atoms with E-state index in [0.717, 1.165) is 12.6 Å². The van der Waals surface area contributed by atoms with Crippen molar-refractivity contribution in [1.82, 2.24) is 19.5 Å². The van der Waals surface area contributed by atoms with Gasteiger partial charge in [-0.2, -0.15) is 0 Å². The van der Waals surface area contributed by atoms with Gasteiger partial charge < -0.3 is 20.9 Å². The summed E-state index contributed by atoms with van der Waals surface area (Å²) in [5.41, 5.74) is 1.36. The average molecular weight is 407 g/mol. The van der Waals surface area contributed by atoms with Crippen molar-refractivity contribution in [1.29, 1.82) is 5.41 Å². The van der Waals surface area contributed by atoms with E-state index in [-0.39, 0.29) is 17.2 Å². The molecule has 2 amide bonds. The highest BCUT2D eigenvalue weighted by molar-refractivity contribution is 9.10. The maximum atomic E-state index is 12.6. The second-order valence-corrected chi connectivity index (χ2v) is 6.17. The summed E-state index contributed by atoms with van der Waals surface area (Å²) in [6.45, 7) is 1.32. The third-order valence-corrected chi connectivity index (χ3v) is 4.25. The Morgan fingerprint density at radius 2 is 2.20 bits per heavy atom. The van der Waals surface area contributed by atoms with Gasteiger partial charge in [-0.05, 0) is 28.4 Å². The highest BCUT2D eigenvalue weighted by Gasteiger charge is 2.29. The van der Waals surface area contributed by atoms with Crippen LogP contribution in [0.25, 0.3) is 5.65 Å². The van der Waals surface area contributed by atoms with Crippen LogP contribution in [0.1, 0.15) is 6.42 Å². The van der Waals surface area contributed by atoms with E-state index in [9.17, 15) is 9.59 Å². The zero-order chi connectivity index (χ0) is 18.0. The van der Waals surface area contributed by atoms with E-state index < -0.39 is 5.91 Å². The number of halogens is 1. The molecule has 10 heteroatoms. The van der Waals surface area contributed by atoms with Gasteiger partial charge in [0.2, 0.25) is 10.4 Å². The summed E-state index contributed by atoms with van der Waals surface area (Å²) in [5, 5.41) is 15.9. The van der Waals surface area contributed by atoms with E-state index >= 15 is 0 Å². The first-order chi connectivity index (χ1) is 12.0.